The van der Waals surface area contributed by atoms with Gasteiger partial charge in [0.25, 0.3) is 0 Å². The van der Waals surface area contributed by atoms with Crippen LogP contribution in [0.25, 0.3) is 0 Å². The van der Waals surface area contributed by atoms with Gasteiger partial charge in [0, 0.05) is 0 Å². The molecule has 0 aromatic heterocycles. The topological polar surface area (TPSA) is 60.4 Å². The van der Waals surface area contributed by atoms with E-state index in [1.807, 2.05) is 0 Å². The number of hydrogen-bond donors (Lipinski definition) is 1. The molecule has 0 spiro atoms. The molecule has 0 rings (SSSR count). The molecule has 0 aromatic carbocycles. The molecule has 0 bridgehead atoms. The van der Waals surface area contributed by atoms with Crippen molar-refractivity contribution in [3.63, 3.8) is 0 Å². The van der Waals surface area contributed by atoms with Gasteiger partial charge in [0.1, 0.15) is 0 Å². The summed E-state index contributed by atoms with van der Waals surface area (Å²) in [6, 6.07) is 0. The Labute approximate surface area is 121 Å². The predicted octanol–water partition coefficient (Wildman–Crippen LogP) is 1.08. The Morgan fingerprint density at radius 2 is 1.29 bits per heavy atom. The molecule has 1 unspecified atom stereocenters. The van der Waals surface area contributed by atoms with Crippen molar-refractivity contribution >= 4 is 11.4 Å². The van der Waals surface area contributed by atoms with Crippen LogP contribution in [0.2, 0.25) is 0 Å². The molecule has 0 aromatic rings. The van der Waals surface area contributed by atoms with Gasteiger partial charge in [-0.3, -0.25) is 0 Å². The normalized spacial score (nSPS) is 11.1. The molecule has 0 aliphatic carbocycles. The third-order valence-electron chi connectivity index (χ3n) is 2.35. The average molecular weight is 257 g/mol. The summed E-state index contributed by atoms with van der Waals surface area (Å²) >= 11 is -2.86. The predicted molar refractivity (Wildman–Crippen MR) is 68.7 cm³/mol. The number of unbranched alkanes of at least 4 members (excludes halogenated alkanes) is 9. The summed E-state index contributed by atoms with van der Waals surface area (Å²) in [7, 11) is 0. The van der Waals surface area contributed by atoms with Crippen molar-refractivity contribution in [2.45, 2.75) is 71.1 Å². The van der Waals surface area contributed by atoms with Gasteiger partial charge in [0.15, 0.2) is 0 Å². The molecular weight excluding hydrogens is 231 g/mol. The van der Waals surface area contributed by atoms with Gasteiger partial charge in [0.2, 0.25) is 0 Å². The van der Waals surface area contributed by atoms with Gasteiger partial charge in [-0.05, 0) is 0 Å². The summed E-state index contributed by atoms with van der Waals surface area (Å²) in [5, 5.41) is 0. The van der Waals surface area contributed by atoms with Crippen molar-refractivity contribution < 1.29 is 32.2 Å². The Bertz CT molecular complexity index is 132. The zero-order chi connectivity index (χ0) is 12.6. The zero-order valence-electron chi connectivity index (χ0n) is 11.5. The maximum atomic E-state index is 8.56. The van der Waals surface area contributed by atoms with Crippen LogP contribution in [0, 0.1) is 6.92 Å². The molecule has 17 heavy (non-hydrogen) atoms. The summed E-state index contributed by atoms with van der Waals surface area (Å²) in [6.45, 7) is 6.12. The Hall–Kier alpha value is 0.667. The molecule has 0 aliphatic heterocycles. The molecule has 0 heterocycles. The van der Waals surface area contributed by atoms with Gasteiger partial charge in [-0.15, -0.1) is 0 Å². The smallest absolute Gasteiger partial charge is 0.750 e. The Morgan fingerprint density at radius 3 is 1.59 bits per heavy atom. The SMILES string of the molecule is O=S([O-])O.[CH2-]CCCCCCCCCCC.[Li+]. The monoisotopic (exact) mass is 257 g/mol. The van der Waals surface area contributed by atoms with Crippen LogP contribution in [-0.2, 0) is 11.4 Å². The molecule has 0 radical (unpaired) electrons. The van der Waals surface area contributed by atoms with Crippen molar-refractivity contribution in [3.05, 3.63) is 6.92 Å². The average Bonchev–Trinajstić information content (AvgIpc) is 2.21. The molecule has 5 heteroatoms. The van der Waals surface area contributed by atoms with Gasteiger partial charge < -0.3 is 16.0 Å². The first-order valence-electron chi connectivity index (χ1n) is 6.22. The second kappa shape index (κ2) is 21.9. The van der Waals surface area contributed by atoms with Crippen molar-refractivity contribution in [2.75, 3.05) is 0 Å². The first kappa shape index (κ1) is 22.8. The third-order valence-corrected chi connectivity index (χ3v) is 2.35. The van der Waals surface area contributed by atoms with E-state index in [-0.39, 0.29) is 18.9 Å². The van der Waals surface area contributed by atoms with E-state index in [9.17, 15) is 0 Å². The molecule has 0 amide bonds. The molecule has 0 saturated heterocycles. The number of hydrogen-bond acceptors (Lipinski definition) is 2. The first-order valence-corrected chi connectivity index (χ1v) is 7.25. The van der Waals surface area contributed by atoms with Crippen LogP contribution in [0.4, 0.5) is 0 Å². The summed E-state index contributed by atoms with van der Waals surface area (Å²) < 4.78 is 24.1. The summed E-state index contributed by atoms with van der Waals surface area (Å²) in [6.07, 6.45) is 13.9. The fourth-order valence-corrected chi connectivity index (χ4v) is 1.49. The fourth-order valence-electron chi connectivity index (χ4n) is 1.49. The zero-order valence-corrected chi connectivity index (χ0v) is 12.3. The molecule has 1 N–H and O–H groups in total. The van der Waals surface area contributed by atoms with Crippen molar-refractivity contribution in [1.82, 2.24) is 0 Å². The van der Waals surface area contributed by atoms with Gasteiger partial charge in [-0.25, -0.2) is 4.21 Å². The third kappa shape index (κ3) is 38.4. The van der Waals surface area contributed by atoms with Crippen molar-refractivity contribution in [1.29, 1.82) is 0 Å². The summed E-state index contributed by atoms with van der Waals surface area (Å²) in [5.74, 6) is 0. The van der Waals surface area contributed by atoms with E-state index < -0.39 is 11.4 Å². The van der Waals surface area contributed by atoms with E-state index in [0.29, 0.717) is 0 Å². The Morgan fingerprint density at radius 1 is 1.00 bits per heavy atom. The molecule has 0 fully saturated rings. The van der Waals surface area contributed by atoms with Gasteiger partial charge >= 0.3 is 18.9 Å². The van der Waals surface area contributed by atoms with Gasteiger partial charge in [0.05, 0.1) is 11.4 Å². The van der Waals surface area contributed by atoms with Crippen LogP contribution >= 0.6 is 0 Å². The van der Waals surface area contributed by atoms with Gasteiger partial charge in [-0.1, -0.05) is 64.7 Å². The molecule has 1 atom stereocenters. The van der Waals surface area contributed by atoms with Gasteiger partial charge in [-0.2, -0.15) is 6.42 Å². The van der Waals surface area contributed by atoms with E-state index >= 15 is 0 Å². The van der Waals surface area contributed by atoms with Crippen LogP contribution in [0.3, 0.4) is 0 Å². The van der Waals surface area contributed by atoms with E-state index in [4.69, 9.17) is 13.3 Å². The molecular formula is C12H26LiO3S-. The minimum Gasteiger partial charge on any atom is -0.750 e. The van der Waals surface area contributed by atoms with Crippen molar-refractivity contribution in [2.24, 2.45) is 0 Å². The molecule has 0 saturated carbocycles. The fraction of sp³-hybridized carbons (Fsp3) is 0.917. The second-order valence-corrected chi connectivity index (χ2v) is 4.33. The van der Waals surface area contributed by atoms with E-state index in [0.717, 1.165) is 6.42 Å². The van der Waals surface area contributed by atoms with Crippen LogP contribution in [0.5, 0.6) is 0 Å². The summed E-state index contributed by atoms with van der Waals surface area (Å²) in [5.41, 5.74) is 0. The second-order valence-electron chi connectivity index (χ2n) is 3.90. The van der Waals surface area contributed by atoms with Crippen LogP contribution in [-0.4, -0.2) is 13.3 Å². The van der Waals surface area contributed by atoms with Crippen LogP contribution in [0.15, 0.2) is 0 Å². The standard InChI is InChI=1S/C12H25.Li.H2O3S/c1-3-5-7-9-11-12-10-8-6-4-2;;1-4(2)3/h1,3-12H2,2H3;;(H2,1,2,3)/q-1;+1;/p-1. The first-order chi connectivity index (χ1) is 7.65. The quantitative estimate of drug-likeness (QED) is 0.291. The minimum absolute atomic E-state index is 0. The maximum absolute atomic E-state index is 8.56. The minimum atomic E-state index is -2.86. The largest absolute Gasteiger partial charge is 1.00 e. The van der Waals surface area contributed by atoms with Crippen LogP contribution < -0.4 is 18.9 Å². The summed E-state index contributed by atoms with van der Waals surface area (Å²) in [4.78, 5) is 0. The Kier molecular flexibility index (Phi) is 29.4. The molecule has 0 aliphatic rings. The molecule has 3 nitrogen and oxygen atoms in total. The van der Waals surface area contributed by atoms with E-state index in [2.05, 4.69) is 13.8 Å². The van der Waals surface area contributed by atoms with E-state index in [1.54, 1.807) is 0 Å². The van der Waals surface area contributed by atoms with Crippen molar-refractivity contribution in [3.8, 4) is 0 Å². The Balaban J connectivity index is -0.000000340. The van der Waals surface area contributed by atoms with Crippen LogP contribution in [0.1, 0.15) is 71.1 Å². The maximum Gasteiger partial charge on any atom is 1.00 e. The molecule has 100 valence electrons. The number of rotatable bonds is 9. The van der Waals surface area contributed by atoms with E-state index in [1.165, 1.54) is 57.8 Å².